The van der Waals surface area contributed by atoms with Crippen molar-refractivity contribution in [3.05, 3.63) is 22.7 Å². The minimum Gasteiger partial charge on any atom is -0.306 e. The van der Waals surface area contributed by atoms with Crippen molar-refractivity contribution in [1.29, 1.82) is 0 Å². The lowest BCUT2D eigenvalue weighted by Gasteiger charge is -2.23. The van der Waals surface area contributed by atoms with Crippen molar-refractivity contribution >= 4 is 22.4 Å². The molecular formula is C14H20N6OS. The Bertz CT molecular complexity index is 664. The van der Waals surface area contributed by atoms with Crippen LogP contribution in [0.3, 0.4) is 0 Å². The number of hydrogen-bond donors (Lipinski definition) is 2. The lowest BCUT2D eigenvalue weighted by molar-refractivity contribution is -0.114. The molecule has 0 aliphatic carbocycles. The molecule has 3 rings (SSSR count). The zero-order valence-electron chi connectivity index (χ0n) is 12.8. The Hall–Kier alpha value is -1.80. The quantitative estimate of drug-likeness (QED) is 0.869. The molecule has 1 atom stereocenters. The van der Waals surface area contributed by atoms with Crippen LogP contribution in [0.2, 0.25) is 0 Å². The van der Waals surface area contributed by atoms with Gasteiger partial charge < -0.3 is 10.6 Å². The fraction of sp³-hybridized carbons (Fsp3) is 0.571. The van der Waals surface area contributed by atoms with E-state index in [9.17, 15) is 4.79 Å². The first-order valence-electron chi connectivity index (χ1n) is 7.52. The Morgan fingerprint density at radius 1 is 1.50 bits per heavy atom. The van der Waals surface area contributed by atoms with Crippen LogP contribution in [0.1, 0.15) is 37.6 Å². The first-order chi connectivity index (χ1) is 10.6. The SMILES string of the molecule is CCc1nc2n(n1)C[C@@H](NCc1csc(NC(C)=O)n1)CC2. The summed E-state index contributed by atoms with van der Waals surface area (Å²) in [7, 11) is 0. The monoisotopic (exact) mass is 320 g/mol. The first-order valence-corrected chi connectivity index (χ1v) is 8.40. The molecule has 0 saturated carbocycles. The smallest absolute Gasteiger partial charge is 0.223 e. The number of anilines is 1. The van der Waals surface area contributed by atoms with Crippen LogP contribution in [0.5, 0.6) is 0 Å². The number of carbonyl (C=O) groups excluding carboxylic acids is 1. The van der Waals surface area contributed by atoms with Crippen molar-refractivity contribution in [2.24, 2.45) is 0 Å². The zero-order chi connectivity index (χ0) is 15.5. The summed E-state index contributed by atoms with van der Waals surface area (Å²) in [5.41, 5.74) is 0.951. The van der Waals surface area contributed by atoms with Crippen LogP contribution in [0.4, 0.5) is 5.13 Å². The van der Waals surface area contributed by atoms with Gasteiger partial charge in [-0.1, -0.05) is 6.92 Å². The van der Waals surface area contributed by atoms with E-state index in [0.29, 0.717) is 17.7 Å². The van der Waals surface area contributed by atoms with Crippen LogP contribution in [0, 0.1) is 0 Å². The third-order valence-corrected chi connectivity index (χ3v) is 4.43. The van der Waals surface area contributed by atoms with Crippen molar-refractivity contribution in [3.8, 4) is 0 Å². The van der Waals surface area contributed by atoms with Crippen molar-refractivity contribution < 1.29 is 4.79 Å². The average molecular weight is 320 g/mol. The molecule has 0 radical (unpaired) electrons. The number of nitrogens with one attached hydrogen (secondary N) is 2. The number of thiazole rings is 1. The van der Waals surface area contributed by atoms with E-state index in [1.165, 1.54) is 18.3 Å². The highest BCUT2D eigenvalue weighted by Crippen LogP contribution is 2.17. The number of aryl methyl sites for hydroxylation is 2. The maximum atomic E-state index is 11.0. The number of fused-ring (bicyclic) bond motifs is 1. The van der Waals surface area contributed by atoms with E-state index in [-0.39, 0.29) is 5.91 Å². The highest BCUT2D eigenvalue weighted by Gasteiger charge is 2.21. The molecule has 0 bridgehead atoms. The van der Waals surface area contributed by atoms with E-state index in [1.54, 1.807) is 0 Å². The second kappa shape index (κ2) is 6.53. The Kier molecular flexibility index (Phi) is 4.49. The van der Waals surface area contributed by atoms with Gasteiger partial charge in [-0.2, -0.15) is 5.10 Å². The minimum absolute atomic E-state index is 0.0911. The lowest BCUT2D eigenvalue weighted by Crippen LogP contribution is -2.37. The lowest BCUT2D eigenvalue weighted by atomic mass is 10.1. The standard InChI is InChI=1S/C14H20N6OS/c1-3-12-18-13-5-4-10(7-20(13)19-12)15-6-11-8-22-14(17-11)16-9(2)21/h8,10,15H,3-7H2,1-2H3,(H,16,17,21)/t10-/m0/s1. The molecule has 7 nitrogen and oxygen atoms in total. The van der Waals surface area contributed by atoms with Gasteiger partial charge in [0.15, 0.2) is 11.0 Å². The number of carbonyl (C=O) groups is 1. The van der Waals surface area contributed by atoms with Gasteiger partial charge in [0, 0.05) is 37.7 Å². The van der Waals surface area contributed by atoms with Gasteiger partial charge in [0.1, 0.15) is 5.82 Å². The summed E-state index contributed by atoms with van der Waals surface area (Å²) in [6.07, 6.45) is 2.90. The Balaban J connectivity index is 1.54. The van der Waals surface area contributed by atoms with E-state index < -0.39 is 0 Å². The van der Waals surface area contributed by atoms with E-state index >= 15 is 0 Å². The fourth-order valence-electron chi connectivity index (χ4n) is 2.52. The second-order valence-electron chi connectivity index (χ2n) is 5.42. The maximum Gasteiger partial charge on any atom is 0.223 e. The molecule has 0 fully saturated rings. The fourth-order valence-corrected chi connectivity index (χ4v) is 3.28. The van der Waals surface area contributed by atoms with Crippen LogP contribution in [0.25, 0.3) is 0 Å². The predicted octanol–water partition coefficient (Wildman–Crippen LogP) is 1.36. The molecule has 2 N–H and O–H groups in total. The second-order valence-corrected chi connectivity index (χ2v) is 6.28. The normalized spacial score (nSPS) is 17.3. The molecule has 0 saturated heterocycles. The van der Waals surface area contributed by atoms with E-state index in [2.05, 4.69) is 32.6 Å². The number of nitrogens with zero attached hydrogens (tertiary/aromatic N) is 4. The van der Waals surface area contributed by atoms with Crippen molar-refractivity contribution in [2.75, 3.05) is 5.32 Å². The molecule has 1 aliphatic heterocycles. The summed E-state index contributed by atoms with van der Waals surface area (Å²) >= 11 is 1.45. The van der Waals surface area contributed by atoms with E-state index in [4.69, 9.17) is 0 Å². The van der Waals surface area contributed by atoms with Gasteiger partial charge in [-0.3, -0.25) is 4.79 Å². The van der Waals surface area contributed by atoms with Crippen LogP contribution in [-0.2, 0) is 30.7 Å². The molecule has 22 heavy (non-hydrogen) atoms. The predicted molar refractivity (Wildman–Crippen MR) is 84.8 cm³/mol. The van der Waals surface area contributed by atoms with Crippen LogP contribution in [0.15, 0.2) is 5.38 Å². The third-order valence-electron chi connectivity index (χ3n) is 3.62. The summed E-state index contributed by atoms with van der Waals surface area (Å²) in [4.78, 5) is 19.9. The van der Waals surface area contributed by atoms with Gasteiger partial charge in [0.05, 0.1) is 12.2 Å². The molecular weight excluding hydrogens is 300 g/mol. The summed E-state index contributed by atoms with van der Waals surface area (Å²) < 4.78 is 2.02. The summed E-state index contributed by atoms with van der Waals surface area (Å²) in [5, 5.41) is 13.4. The molecule has 0 spiro atoms. The Labute approximate surface area is 133 Å². The van der Waals surface area contributed by atoms with Gasteiger partial charge in [-0.15, -0.1) is 11.3 Å². The first kappa shape index (κ1) is 15.1. The molecule has 2 aromatic rings. The molecule has 2 aromatic heterocycles. The number of amides is 1. The number of rotatable bonds is 5. The van der Waals surface area contributed by atoms with Crippen molar-refractivity contribution in [3.63, 3.8) is 0 Å². The molecule has 1 aliphatic rings. The van der Waals surface area contributed by atoms with Gasteiger partial charge in [0.2, 0.25) is 5.91 Å². The Morgan fingerprint density at radius 2 is 2.36 bits per heavy atom. The summed E-state index contributed by atoms with van der Waals surface area (Å²) in [6, 6.07) is 0.379. The van der Waals surface area contributed by atoms with Crippen LogP contribution < -0.4 is 10.6 Å². The van der Waals surface area contributed by atoms with Crippen molar-refractivity contribution in [2.45, 2.75) is 52.2 Å². The topological polar surface area (TPSA) is 84.7 Å². The molecule has 0 unspecified atom stereocenters. The Morgan fingerprint density at radius 3 is 3.14 bits per heavy atom. The maximum absolute atomic E-state index is 11.0. The molecule has 1 amide bonds. The zero-order valence-corrected chi connectivity index (χ0v) is 13.6. The highest BCUT2D eigenvalue weighted by molar-refractivity contribution is 7.13. The molecule has 8 heteroatoms. The average Bonchev–Trinajstić information content (AvgIpc) is 3.09. The minimum atomic E-state index is -0.0911. The van der Waals surface area contributed by atoms with Gasteiger partial charge >= 0.3 is 0 Å². The van der Waals surface area contributed by atoms with Gasteiger partial charge in [0.25, 0.3) is 0 Å². The van der Waals surface area contributed by atoms with E-state index in [1.807, 2.05) is 10.1 Å². The third kappa shape index (κ3) is 3.50. The molecule has 118 valence electrons. The van der Waals surface area contributed by atoms with Gasteiger partial charge in [-0.25, -0.2) is 14.6 Å². The molecule has 3 heterocycles. The number of hydrogen-bond acceptors (Lipinski definition) is 6. The van der Waals surface area contributed by atoms with Crippen molar-refractivity contribution in [1.82, 2.24) is 25.1 Å². The summed E-state index contributed by atoms with van der Waals surface area (Å²) in [5.74, 6) is 1.93. The number of aromatic nitrogens is 4. The van der Waals surface area contributed by atoms with E-state index in [0.717, 1.165) is 43.1 Å². The van der Waals surface area contributed by atoms with Gasteiger partial charge in [-0.05, 0) is 6.42 Å². The molecule has 0 aromatic carbocycles. The highest BCUT2D eigenvalue weighted by atomic mass is 32.1. The largest absolute Gasteiger partial charge is 0.306 e. The van der Waals surface area contributed by atoms with Crippen LogP contribution >= 0.6 is 11.3 Å². The summed E-state index contributed by atoms with van der Waals surface area (Å²) in [6.45, 7) is 5.12. The van der Waals surface area contributed by atoms with Crippen LogP contribution in [-0.4, -0.2) is 31.7 Å².